The molecule has 156 valence electrons. The van der Waals surface area contributed by atoms with Gasteiger partial charge in [-0.1, -0.05) is 38.1 Å². The molecular weight excluding hydrogens is 394 g/mol. The standard InChI is InChI=1S/C22H27N7S/c1-15-12-16(6-7-17(15)13-29-10-11-30-20(29)22(2,3)4)18-8-9-23-21(24-18)25-19-14-28(5)27-26-19/h6-12,14,20H,13H2,1-5H3,(H,23,24,25). The SMILES string of the molecule is Cc1cc(-c2ccnc(Nc3cn(C)nn3)n2)ccc1CN1C=CSC1C(C)(C)C. The van der Waals surface area contributed by atoms with Gasteiger partial charge in [0.2, 0.25) is 5.95 Å². The minimum Gasteiger partial charge on any atom is -0.360 e. The molecule has 0 aliphatic carbocycles. The van der Waals surface area contributed by atoms with Crippen LogP contribution in [0.5, 0.6) is 0 Å². The zero-order chi connectivity index (χ0) is 21.3. The minimum atomic E-state index is 0.218. The molecule has 0 spiro atoms. The van der Waals surface area contributed by atoms with Gasteiger partial charge in [-0.2, -0.15) is 0 Å². The van der Waals surface area contributed by atoms with Gasteiger partial charge in [-0.25, -0.2) is 9.97 Å². The maximum atomic E-state index is 4.64. The number of rotatable bonds is 5. The van der Waals surface area contributed by atoms with Crippen LogP contribution in [0.1, 0.15) is 31.9 Å². The van der Waals surface area contributed by atoms with Crippen molar-refractivity contribution in [2.45, 2.75) is 39.6 Å². The van der Waals surface area contributed by atoms with Crippen LogP contribution >= 0.6 is 11.8 Å². The summed E-state index contributed by atoms with van der Waals surface area (Å²) in [5.74, 6) is 1.12. The normalized spacial score (nSPS) is 16.3. The van der Waals surface area contributed by atoms with Gasteiger partial charge in [-0.05, 0) is 41.0 Å². The van der Waals surface area contributed by atoms with E-state index in [9.17, 15) is 0 Å². The van der Waals surface area contributed by atoms with E-state index in [1.165, 1.54) is 11.1 Å². The average Bonchev–Trinajstić information content (AvgIpc) is 3.32. The quantitative estimate of drug-likeness (QED) is 0.639. The second-order valence-corrected chi connectivity index (χ2v) is 9.61. The molecule has 2 aromatic heterocycles. The van der Waals surface area contributed by atoms with Gasteiger partial charge in [0.05, 0.1) is 17.3 Å². The molecule has 1 aromatic carbocycles. The molecule has 3 heterocycles. The van der Waals surface area contributed by atoms with E-state index in [1.54, 1.807) is 17.1 Å². The summed E-state index contributed by atoms with van der Waals surface area (Å²) in [6.45, 7) is 9.95. The van der Waals surface area contributed by atoms with Crippen LogP contribution in [0.15, 0.2) is 48.3 Å². The highest BCUT2D eigenvalue weighted by Crippen LogP contribution is 2.39. The molecule has 0 radical (unpaired) electrons. The van der Waals surface area contributed by atoms with Crippen molar-refractivity contribution in [1.29, 1.82) is 0 Å². The summed E-state index contributed by atoms with van der Waals surface area (Å²) in [6.07, 6.45) is 5.75. The molecule has 0 fully saturated rings. The Bertz CT molecular complexity index is 1070. The topological polar surface area (TPSA) is 71.8 Å². The number of hydrogen-bond acceptors (Lipinski definition) is 7. The average molecular weight is 422 g/mol. The fourth-order valence-electron chi connectivity index (χ4n) is 3.51. The Labute approximate surface area is 181 Å². The molecule has 8 heteroatoms. The maximum absolute atomic E-state index is 4.64. The van der Waals surface area contributed by atoms with Crippen molar-refractivity contribution in [3.8, 4) is 11.3 Å². The predicted molar refractivity (Wildman–Crippen MR) is 122 cm³/mol. The summed E-state index contributed by atoms with van der Waals surface area (Å²) in [5.41, 5.74) is 4.74. The lowest BCUT2D eigenvalue weighted by Crippen LogP contribution is -2.35. The molecule has 7 nitrogen and oxygen atoms in total. The summed E-state index contributed by atoms with van der Waals surface area (Å²) in [6, 6.07) is 8.46. The van der Waals surface area contributed by atoms with Crippen molar-refractivity contribution in [1.82, 2.24) is 29.9 Å². The summed E-state index contributed by atoms with van der Waals surface area (Å²) in [4.78, 5) is 11.4. The molecule has 4 rings (SSSR count). The van der Waals surface area contributed by atoms with Crippen LogP contribution in [0.3, 0.4) is 0 Å². The van der Waals surface area contributed by atoms with Gasteiger partial charge in [0.1, 0.15) is 0 Å². The first-order valence-electron chi connectivity index (χ1n) is 9.94. The summed E-state index contributed by atoms with van der Waals surface area (Å²) in [5, 5.41) is 13.7. The predicted octanol–water partition coefficient (Wildman–Crippen LogP) is 4.72. The first-order valence-corrected chi connectivity index (χ1v) is 10.9. The third kappa shape index (κ3) is 4.48. The Morgan fingerprint density at radius 2 is 2.03 bits per heavy atom. The monoisotopic (exact) mass is 421 g/mol. The van der Waals surface area contributed by atoms with Crippen LogP contribution in [0.25, 0.3) is 11.3 Å². The molecular formula is C22H27N7S. The second kappa shape index (κ2) is 8.10. The van der Waals surface area contributed by atoms with E-state index in [-0.39, 0.29) is 5.41 Å². The number of aromatic nitrogens is 5. The van der Waals surface area contributed by atoms with Gasteiger partial charge in [0, 0.05) is 31.6 Å². The van der Waals surface area contributed by atoms with Crippen molar-refractivity contribution < 1.29 is 0 Å². The van der Waals surface area contributed by atoms with Crippen molar-refractivity contribution in [2.24, 2.45) is 12.5 Å². The largest absolute Gasteiger partial charge is 0.360 e. The van der Waals surface area contributed by atoms with Gasteiger partial charge < -0.3 is 10.2 Å². The second-order valence-electron chi connectivity index (χ2n) is 8.62. The van der Waals surface area contributed by atoms with E-state index in [4.69, 9.17) is 0 Å². The molecule has 0 saturated carbocycles. The van der Waals surface area contributed by atoms with Gasteiger partial charge >= 0.3 is 0 Å². The first kappa shape index (κ1) is 20.4. The first-order chi connectivity index (χ1) is 14.3. The summed E-state index contributed by atoms with van der Waals surface area (Å²) >= 11 is 1.90. The highest BCUT2D eigenvalue weighted by Gasteiger charge is 2.31. The van der Waals surface area contributed by atoms with Crippen molar-refractivity contribution in [2.75, 3.05) is 5.32 Å². The smallest absolute Gasteiger partial charge is 0.228 e. The Morgan fingerprint density at radius 3 is 2.73 bits per heavy atom. The highest BCUT2D eigenvalue weighted by molar-refractivity contribution is 8.02. The fraction of sp³-hybridized carbons (Fsp3) is 0.364. The highest BCUT2D eigenvalue weighted by atomic mass is 32.2. The number of benzene rings is 1. The fourth-order valence-corrected chi connectivity index (χ4v) is 4.59. The minimum absolute atomic E-state index is 0.218. The number of thioether (sulfide) groups is 1. The molecule has 0 bridgehead atoms. The van der Waals surface area contributed by atoms with Crippen LogP contribution in [-0.4, -0.2) is 35.2 Å². The molecule has 1 aliphatic rings. The van der Waals surface area contributed by atoms with Gasteiger partial charge in [-0.15, -0.1) is 16.9 Å². The maximum Gasteiger partial charge on any atom is 0.228 e. The van der Waals surface area contributed by atoms with Crippen molar-refractivity contribution in [3.63, 3.8) is 0 Å². The number of aryl methyl sites for hydroxylation is 2. The van der Waals surface area contributed by atoms with E-state index in [1.807, 2.05) is 24.9 Å². The molecule has 0 saturated heterocycles. The Morgan fingerprint density at radius 1 is 1.20 bits per heavy atom. The van der Waals surface area contributed by atoms with E-state index in [2.05, 4.69) is 88.0 Å². The van der Waals surface area contributed by atoms with Crippen LogP contribution in [0, 0.1) is 12.3 Å². The molecule has 1 atom stereocenters. The lowest BCUT2D eigenvalue weighted by molar-refractivity contribution is 0.220. The summed E-state index contributed by atoms with van der Waals surface area (Å²) < 4.78 is 1.63. The van der Waals surface area contributed by atoms with Crippen molar-refractivity contribution in [3.05, 3.63) is 59.4 Å². The van der Waals surface area contributed by atoms with Crippen LogP contribution in [0.4, 0.5) is 11.8 Å². The molecule has 0 amide bonds. The van der Waals surface area contributed by atoms with E-state index < -0.39 is 0 Å². The molecule has 1 unspecified atom stereocenters. The molecule has 1 N–H and O–H groups in total. The van der Waals surface area contributed by atoms with E-state index >= 15 is 0 Å². The lowest BCUT2D eigenvalue weighted by Gasteiger charge is -2.35. The van der Waals surface area contributed by atoms with E-state index in [0.29, 0.717) is 17.1 Å². The number of hydrogen-bond donors (Lipinski definition) is 1. The number of anilines is 2. The van der Waals surface area contributed by atoms with Crippen LogP contribution in [0.2, 0.25) is 0 Å². The Kier molecular flexibility index (Phi) is 5.51. The zero-order valence-electron chi connectivity index (χ0n) is 18.0. The van der Waals surface area contributed by atoms with Gasteiger partial charge in [0.15, 0.2) is 5.82 Å². The van der Waals surface area contributed by atoms with E-state index in [0.717, 1.165) is 17.8 Å². The number of nitrogens with zero attached hydrogens (tertiary/aromatic N) is 6. The Balaban J connectivity index is 1.52. The molecule has 1 aliphatic heterocycles. The number of nitrogens with one attached hydrogen (secondary N) is 1. The summed E-state index contributed by atoms with van der Waals surface area (Å²) in [7, 11) is 1.82. The van der Waals surface area contributed by atoms with Crippen LogP contribution < -0.4 is 5.32 Å². The lowest BCUT2D eigenvalue weighted by atomic mass is 9.95. The zero-order valence-corrected chi connectivity index (χ0v) is 18.8. The van der Waals surface area contributed by atoms with Gasteiger partial charge in [0.25, 0.3) is 0 Å². The molecule has 30 heavy (non-hydrogen) atoms. The van der Waals surface area contributed by atoms with Crippen molar-refractivity contribution >= 4 is 23.5 Å². The Hall–Kier alpha value is -2.87. The third-order valence-corrected chi connectivity index (χ3v) is 6.51. The van der Waals surface area contributed by atoms with Crippen LogP contribution in [-0.2, 0) is 13.6 Å². The molecule has 3 aromatic rings. The third-order valence-electron chi connectivity index (χ3n) is 4.99. The van der Waals surface area contributed by atoms with Gasteiger partial charge in [-0.3, -0.25) is 4.68 Å².